The molecule has 20 heavy (non-hydrogen) atoms. The molecule has 9 heteroatoms. The van der Waals surface area contributed by atoms with Gasteiger partial charge < -0.3 is 9.84 Å². The Kier molecular flexibility index (Phi) is 5.83. The van der Waals surface area contributed by atoms with Gasteiger partial charge in [-0.3, -0.25) is 4.79 Å². The third-order valence-electron chi connectivity index (χ3n) is 2.14. The number of rotatable bonds is 8. The molecule has 1 aromatic rings. The normalized spacial score (nSPS) is 11.6. The average molecular weight is 309 g/mol. The van der Waals surface area contributed by atoms with Gasteiger partial charge in [-0.05, 0) is 24.3 Å². The first-order valence-electron chi connectivity index (χ1n) is 5.54. The number of aliphatic carboxylic acids is 1. The first kappa shape index (κ1) is 16.3. The molecule has 0 aromatic heterocycles. The van der Waals surface area contributed by atoms with E-state index in [4.69, 9.17) is 9.84 Å². The van der Waals surface area contributed by atoms with Crippen LogP contribution in [0.25, 0.3) is 0 Å². The monoisotopic (exact) mass is 309 g/mol. The summed E-state index contributed by atoms with van der Waals surface area (Å²) in [4.78, 5) is 10.2. The van der Waals surface area contributed by atoms with Gasteiger partial charge in [0, 0.05) is 6.54 Å². The van der Waals surface area contributed by atoms with Crippen LogP contribution in [0.5, 0.6) is 5.75 Å². The predicted octanol–water partition coefficient (Wildman–Crippen LogP) is 1.08. The summed E-state index contributed by atoms with van der Waals surface area (Å²) >= 11 is 0. The number of hydrogen-bond donors (Lipinski definition) is 2. The molecule has 0 amide bonds. The van der Waals surface area contributed by atoms with Crippen LogP contribution in [0.15, 0.2) is 29.2 Å². The van der Waals surface area contributed by atoms with Crippen molar-refractivity contribution in [2.75, 3.05) is 13.2 Å². The fourth-order valence-electron chi connectivity index (χ4n) is 1.25. The molecule has 0 atom stereocenters. The number of ether oxygens (including phenoxy) is 1. The third-order valence-corrected chi connectivity index (χ3v) is 3.62. The Morgan fingerprint density at radius 3 is 2.40 bits per heavy atom. The topological polar surface area (TPSA) is 92.7 Å². The minimum atomic E-state index is -3.82. The SMILES string of the molecule is O=C(O)CCNS(=O)(=O)c1ccc(OCC(F)F)cc1. The van der Waals surface area contributed by atoms with Gasteiger partial charge in [-0.2, -0.15) is 0 Å². The summed E-state index contributed by atoms with van der Waals surface area (Å²) in [5, 5.41) is 8.41. The lowest BCUT2D eigenvalue weighted by Gasteiger charge is -2.08. The molecule has 0 aliphatic carbocycles. The van der Waals surface area contributed by atoms with Gasteiger partial charge in [0.25, 0.3) is 6.43 Å². The van der Waals surface area contributed by atoms with Crippen LogP contribution in [0.3, 0.4) is 0 Å². The number of nitrogens with one attached hydrogen (secondary N) is 1. The van der Waals surface area contributed by atoms with Gasteiger partial charge >= 0.3 is 5.97 Å². The zero-order valence-electron chi connectivity index (χ0n) is 10.3. The minimum Gasteiger partial charge on any atom is -0.488 e. The van der Waals surface area contributed by atoms with Crippen LogP contribution >= 0.6 is 0 Å². The Hall–Kier alpha value is -1.74. The zero-order valence-corrected chi connectivity index (χ0v) is 11.1. The number of alkyl halides is 2. The largest absolute Gasteiger partial charge is 0.488 e. The number of carbonyl (C=O) groups is 1. The van der Waals surface area contributed by atoms with Crippen LogP contribution in [-0.4, -0.2) is 39.1 Å². The van der Waals surface area contributed by atoms with Crippen LogP contribution in [0, 0.1) is 0 Å². The summed E-state index contributed by atoms with van der Waals surface area (Å²) in [5.74, 6) is -1.00. The van der Waals surface area contributed by atoms with Gasteiger partial charge in [0.15, 0.2) is 0 Å². The number of carboxylic acid groups (broad SMARTS) is 1. The first-order valence-corrected chi connectivity index (χ1v) is 7.02. The lowest BCUT2D eigenvalue weighted by Crippen LogP contribution is -2.26. The Morgan fingerprint density at radius 2 is 1.90 bits per heavy atom. The van der Waals surface area contributed by atoms with Crippen molar-refractivity contribution in [3.8, 4) is 5.75 Å². The molecule has 1 rings (SSSR count). The molecular weight excluding hydrogens is 296 g/mol. The minimum absolute atomic E-state index is 0.104. The Balaban J connectivity index is 2.64. The molecule has 0 bridgehead atoms. The van der Waals surface area contributed by atoms with Crippen LogP contribution < -0.4 is 9.46 Å². The highest BCUT2D eigenvalue weighted by atomic mass is 32.2. The summed E-state index contributed by atoms with van der Waals surface area (Å²) in [7, 11) is -3.82. The maximum Gasteiger partial charge on any atom is 0.304 e. The fraction of sp³-hybridized carbons (Fsp3) is 0.364. The summed E-state index contributed by atoms with van der Waals surface area (Å²) in [6.07, 6.45) is -2.95. The Bertz CT molecular complexity index is 544. The molecular formula is C11H13F2NO5S. The van der Waals surface area contributed by atoms with E-state index < -0.39 is 29.0 Å². The summed E-state index contributed by atoms with van der Waals surface area (Å²) < 4.78 is 54.1. The lowest BCUT2D eigenvalue weighted by atomic mass is 10.3. The summed E-state index contributed by atoms with van der Waals surface area (Å²) in [6.45, 7) is -1.01. The van der Waals surface area contributed by atoms with E-state index in [1.165, 1.54) is 24.3 Å². The third kappa shape index (κ3) is 5.49. The molecule has 0 unspecified atom stereocenters. The molecule has 2 N–H and O–H groups in total. The fourth-order valence-corrected chi connectivity index (χ4v) is 2.28. The maximum absolute atomic E-state index is 11.9. The van der Waals surface area contributed by atoms with Crippen molar-refractivity contribution in [1.29, 1.82) is 0 Å². The Labute approximate surface area is 114 Å². The van der Waals surface area contributed by atoms with Crippen molar-refractivity contribution >= 4 is 16.0 Å². The van der Waals surface area contributed by atoms with Crippen molar-refractivity contribution in [3.05, 3.63) is 24.3 Å². The molecule has 0 spiro atoms. The molecule has 0 radical (unpaired) electrons. The van der Waals surface area contributed by atoms with Crippen molar-refractivity contribution in [3.63, 3.8) is 0 Å². The first-order chi connectivity index (χ1) is 9.31. The highest BCUT2D eigenvalue weighted by molar-refractivity contribution is 7.89. The van der Waals surface area contributed by atoms with E-state index in [9.17, 15) is 22.0 Å². The smallest absolute Gasteiger partial charge is 0.304 e. The number of hydrogen-bond acceptors (Lipinski definition) is 4. The number of halogens is 2. The van der Waals surface area contributed by atoms with Crippen molar-refractivity contribution in [1.82, 2.24) is 4.72 Å². The summed E-state index contributed by atoms with van der Waals surface area (Å²) in [6, 6.07) is 4.86. The molecule has 1 aromatic carbocycles. The van der Waals surface area contributed by atoms with Crippen molar-refractivity contribution in [2.45, 2.75) is 17.7 Å². The molecule has 6 nitrogen and oxygen atoms in total. The molecule has 0 aliphatic rings. The van der Waals surface area contributed by atoms with Gasteiger partial charge in [0.2, 0.25) is 10.0 Å². The lowest BCUT2D eigenvalue weighted by molar-refractivity contribution is -0.136. The Morgan fingerprint density at radius 1 is 1.30 bits per heavy atom. The second-order valence-corrected chi connectivity index (χ2v) is 5.48. The summed E-state index contributed by atoms with van der Waals surface area (Å²) in [5.41, 5.74) is 0. The van der Waals surface area contributed by atoms with Gasteiger partial charge in [0.05, 0.1) is 11.3 Å². The number of carboxylic acids is 1. The maximum atomic E-state index is 11.9. The molecule has 0 aliphatic heterocycles. The predicted molar refractivity (Wildman–Crippen MR) is 65.4 cm³/mol. The van der Waals surface area contributed by atoms with E-state index in [1.54, 1.807) is 0 Å². The standard InChI is InChI=1S/C11H13F2NO5S/c12-10(13)7-19-8-1-3-9(4-2-8)20(17,18)14-6-5-11(15)16/h1-4,10,14H,5-7H2,(H,15,16). The highest BCUT2D eigenvalue weighted by Gasteiger charge is 2.14. The second kappa shape index (κ2) is 7.15. The van der Waals surface area contributed by atoms with E-state index in [2.05, 4.69) is 4.72 Å². The van der Waals surface area contributed by atoms with Gasteiger partial charge in [-0.1, -0.05) is 0 Å². The van der Waals surface area contributed by atoms with Crippen LogP contribution in [0.1, 0.15) is 6.42 Å². The molecule has 0 saturated carbocycles. The highest BCUT2D eigenvalue weighted by Crippen LogP contribution is 2.16. The molecule has 0 saturated heterocycles. The molecule has 0 fully saturated rings. The van der Waals surface area contributed by atoms with E-state index >= 15 is 0 Å². The van der Waals surface area contributed by atoms with Crippen LogP contribution in [-0.2, 0) is 14.8 Å². The van der Waals surface area contributed by atoms with E-state index in [1.807, 2.05) is 0 Å². The van der Waals surface area contributed by atoms with Gasteiger partial charge in [-0.15, -0.1) is 0 Å². The van der Waals surface area contributed by atoms with Gasteiger partial charge in [0.1, 0.15) is 12.4 Å². The van der Waals surface area contributed by atoms with Crippen LogP contribution in [0.2, 0.25) is 0 Å². The number of benzene rings is 1. The van der Waals surface area contributed by atoms with Gasteiger partial charge in [-0.25, -0.2) is 21.9 Å². The second-order valence-electron chi connectivity index (χ2n) is 3.72. The molecule has 0 heterocycles. The quantitative estimate of drug-likeness (QED) is 0.749. The van der Waals surface area contributed by atoms with E-state index in [-0.39, 0.29) is 23.6 Å². The van der Waals surface area contributed by atoms with Crippen LogP contribution in [0.4, 0.5) is 8.78 Å². The van der Waals surface area contributed by atoms with Crippen molar-refractivity contribution in [2.24, 2.45) is 0 Å². The number of sulfonamides is 1. The zero-order chi connectivity index (χ0) is 15.2. The van der Waals surface area contributed by atoms with E-state index in [0.29, 0.717) is 0 Å². The molecule has 112 valence electrons. The van der Waals surface area contributed by atoms with E-state index in [0.717, 1.165) is 0 Å². The average Bonchev–Trinajstić information content (AvgIpc) is 2.36. The van der Waals surface area contributed by atoms with Crippen molar-refractivity contribution < 1.29 is 31.8 Å².